The Bertz CT molecular complexity index is 1320. The molecule has 36 heavy (non-hydrogen) atoms. The van der Waals surface area contributed by atoms with E-state index in [-0.39, 0.29) is 18.3 Å². The summed E-state index contributed by atoms with van der Waals surface area (Å²) >= 11 is 0. The molecule has 3 aromatic rings. The lowest BCUT2D eigenvalue weighted by Crippen LogP contribution is -2.36. The largest absolute Gasteiger partial charge is 0.489 e. The molecule has 0 saturated carbocycles. The zero-order valence-corrected chi connectivity index (χ0v) is 20.5. The standard InChI is InChI=1S/C30H29NO5/c1-3-34-30(33)27-19(2)31-24-16-22(26-13-8-14-35-26)17-25(32)29(24)28(27)21-11-7-12-23(15-21)36-18-20-9-5-4-6-10-20/h4-15,22,28,31H,3,16-18H2,1-2H3/t22-,28-/m0/s1. The summed E-state index contributed by atoms with van der Waals surface area (Å²) in [5.41, 5.74) is 4.48. The second kappa shape index (κ2) is 10.3. The predicted octanol–water partition coefficient (Wildman–Crippen LogP) is 5.78. The van der Waals surface area contributed by atoms with Gasteiger partial charge in [-0.05, 0) is 55.7 Å². The lowest BCUT2D eigenvalue weighted by Gasteiger charge is -2.36. The Morgan fingerprint density at radius 3 is 2.64 bits per heavy atom. The van der Waals surface area contributed by atoms with Crippen molar-refractivity contribution in [2.45, 2.75) is 45.1 Å². The van der Waals surface area contributed by atoms with E-state index >= 15 is 0 Å². The minimum absolute atomic E-state index is 0.0000513. The molecule has 1 N–H and O–H groups in total. The molecule has 0 spiro atoms. The minimum Gasteiger partial charge on any atom is -0.489 e. The Labute approximate surface area is 210 Å². The van der Waals surface area contributed by atoms with Crippen LogP contribution >= 0.6 is 0 Å². The smallest absolute Gasteiger partial charge is 0.336 e. The van der Waals surface area contributed by atoms with Crippen molar-refractivity contribution < 1.29 is 23.5 Å². The van der Waals surface area contributed by atoms with Crippen molar-refractivity contribution in [1.29, 1.82) is 0 Å². The van der Waals surface area contributed by atoms with Crippen molar-refractivity contribution in [3.63, 3.8) is 0 Å². The van der Waals surface area contributed by atoms with Crippen molar-refractivity contribution in [2.24, 2.45) is 0 Å². The fourth-order valence-corrected chi connectivity index (χ4v) is 5.10. The molecule has 2 aliphatic rings. The Morgan fingerprint density at radius 1 is 1.06 bits per heavy atom. The molecular weight excluding hydrogens is 454 g/mol. The van der Waals surface area contributed by atoms with E-state index in [9.17, 15) is 9.59 Å². The summed E-state index contributed by atoms with van der Waals surface area (Å²) < 4.78 is 17.1. The maximum Gasteiger partial charge on any atom is 0.336 e. The van der Waals surface area contributed by atoms with Crippen LogP contribution in [0.1, 0.15) is 55.4 Å². The predicted molar refractivity (Wildman–Crippen MR) is 135 cm³/mol. The van der Waals surface area contributed by atoms with E-state index < -0.39 is 11.9 Å². The second-order valence-electron chi connectivity index (χ2n) is 9.10. The van der Waals surface area contributed by atoms with Gasteiger partial charge in [0.15, 0.2) is 5.78 Å². The molecule has 184 valence electrons. The van der Waals surface area contributed by atoms with E-state index in [0.717, 1.165) is 22.6 Å². The lowest BCUT2D eigenvalue weighted by atomic mass is 9.72. The SMILES string of the molecule is CCOC(=O)C1=C(C)NC2=C(C(=O)C[C@@H](c3ccco3)C2)[C@H]1c1cccc(OCc2ccccc2)c1. The summed E-state index contributed by atoms with van der Waals surface area (Å²) in [4.78, 5) is 26.7. The summed E-state index contributed by atoms with van der Waals surface area (Å²) in [5.74, 6) is 0.468. The maximum atomic E-state index is 13.6. The van der Waals surface area contributed by atoms with Gasteiger partial charge in [-0.1, -0.05) is 42.5 Å². The van der Waals surface area contributed by atoms with E-state index in [0.29, 0.717) is 42.0 Å². The van der Waals surface area contributed by atoms with Gasteiger partial charge in [-0.3, -0.25) is 4.79 Å². The zero-order valence-electron chi connectivity index (χ0n) is 20.5. The van der Waals surface area contributed by atoms with Crippen molar-refractivity contribution in [2.75, 3.05) is 6.61 Å². The number of rotatable bonds is 7. The second-order valence-corrected chi connectivity index (χ2v) is 9.10. The van der Waals surface area contributed by atoms with Crippen molar-refractivity contribution in [3.05, 3.63) is 112 Å². The van der Waals surface area contributed by atoms with Crippen molar-refractivity contribution >= 4 is 11.8 Å². The topological polar surface area (TPSA) is 77.8 Å². The molecule has 5 rings (SSSR count). The molecule has 0 amide bonds. The van der Waals surface area contributed by atoms with E-state index in [1.54, 1.807) is 13.2 Å². The summed E-state index contributed by atoms with van der Waals surface area (Å²) in [7, 11) is 0. The Hall–Kier alpha value is -4.06. The molecule has 6 nitrogen and oxygen atoms in total. The first-order valence-corrected chi connectivity index (χ1v) is 12.3. The average molecular weight is 484 g/mol. The molecular formula is C30H29NO5. The highest BCUT2D eigenvalue weighted by Gasteiger charge is 2.42. The zero-order chi connectivity index (χ0) is 25.1. The normalized spacial score (nSPS) is 19.6. The number of nitrogens with one attached hydrogen (secondary N) is 1. The van der Waals surface area contributed by atoms with Crippen LogP contribution < -0.4 is 10.1 Å². The van der Waals surface area contributed by atoms with Crippen LogP contribution in [0.15, 0.2) is 100.0 Å². The van der Waals surface area contributed by atoms with Crippen LogP contribution in [0.2, 0.25) is 0 Å². The third-order valence-corrected chi connectivity index (χ3v) is 6.71. The van der Waals surface area contributed by atoms with Crippen LogP contribution in [0.4, 0.5) is 0 Å². The van der Waals surface area contributed by atoms with E-state index in [2.05, 4.69) is 5.32 Å². The summed E-state index contributed by atoms with van der Waals surface area (Å²) in [6, 6.07) is 21.3. The van der Waals surface area contributed by atoms with E-state index in [1.165, 1.54) is 0 Å². The molecule has 0 radical (unpaired) electrons. The van der Waals surface area contributed by atoms with E-state index in [4.69, 9.17) is 13.9 Å². The van der Waals surface area contributed by atoms with Crippen LogP contribution in [0, 0.1) is 0 Å². The monoisotopic (exact) mass is 483 g/mol. The van der Waals surface area contributed by atoms with Gasteiger partial charge in [-0.25, -0.2) is 4.79 Å². The average Bonchev–Trinajstić information content (AvgIpc) is 3.43. The molecule has 0 fully saturated rings. The fraction of sp³-hybridized carbons (Fsp3) is 0.267. The Balaban J connectivity index is 1.52. The lowest BCUT2D eigenvalue weighted by molar-refractivity contribution is -0.138. The van der Waals surface area contributed by atoms with Gasteiger partial charge in [-0.2, -0.15) is 0 Å². The highest BCUT2D eigenvalue weighted by Crippen LogP contribution is 2.46. The van der Waals surface area contributed by atoms with Crippen LogP contribution in [0.5, 0.6) is 5.75 Å². The highest BCUT2D eigenvalue weighted by molar-refractivity contribution is 6.04. The molecule has 1 aromatic heterocycles. The van der Waals surface area contributed by atoms with Gasteiger partial charge in [0.05, 0.1) is 18.4 Å². The number of carbonyl (C=O) groups is 2. The van der Waals surface area contributed by atoms with Gasteiger partial charge < -0.3 is 19.2 Å². The number of hydrogen-bond donors (Lipinski definition) is 1. The highest BCUT2D eigenvalue weighted by atomic mass is 16.5. The van der Waals surface area contributed by atoms with Crippen LogP contribution in [0.3, 0.4) is 0 Å². The van der Waals surface area contributed by atoms with Gasteiger partial charge in [0.25, 0.3) is 0 Å². The van der Waals surface area contributed by atoms with Gasteiger partial charge in [-0.15, -0.1) is 0 Å². The fourth-order valence-electron chi connectivity index (χ4n) is 5.10. The van der Waals surface area contributed by atoms with Crippen LogP contribution in [0.25, 0.3) is 0 Å². The first-order chi connectivity index (χ1) is 17.5. The van der Waals surface area contributed by atoms with Gasteiger partial charge >= 0.3 is 5.97 Å². The molecule has 0 unspecified atom stereocenters. The number of dihydropyridines is 1. The van der Waals surface area contributed by atoms with Crippen LogP contribution in [-0.2, 0) is 20.9 Å². The number of furan rings is 1. The number of carbonyl (C=O) groups excluding carboxylic acids is 2. The molecule has 2 heterocycles. The first-order valence-electron chi connectivity index (χ1n) is 12.3. The van der Waals surface area contributed by atoms with Gasteiger partial charge in [0.2, 0.25) is 0 Å². The number of allylic oxidation sites excluding steroid dienone is 3. The van der Waals surface area contributed by atoms with Gasteiger partial charge in [0, 0.05) is 35.2 Å². The molecule has 6 heteroatoms. The molecule has 0 saturated heterocycles. The maximum absolute atomic E-state index is 13.6. The summed E-state index contributed by atoms with van der Waals surface area (Å²) in [6.45, 7) is 4.32. The minimum atomic E-state index is -0.536. The number of Topliss-reactive ketones (excluding diaryl/α,β-unsaturated/α-hetero) is 1. The summed E-state index contributed by atoms with van der Waals surface area (Å²) in [6.07, 6.45) is 2.58. The number of benzene rings is 2. The number of ether oxygens (including phenoxy) is 2. The van der Waals surface area contributed by atoms with E-state index in [1.807, 2.05) is 73.7 Å². The molecule has 2 aromatic carbocycles. The third-order valence-electron chi connectivity index (χ3n) is 6.71. The number of hydrogen-bond acceptors (Lipinski definition) is 6. The van der Waals surface area contributed by atoms with Gasteiger partial charge in [0.1, 0.15) is 18.1 Å². The molecule has 1 aliphatic heterocycles. The Kier molecular flexibility index (Phi) is 6.76. The number of ketones is 1. The Morgan fingerprint density at radius 2 is 1.89 bits per heavy atom. The number of esters is 1. The van der Waals surface area contributed by atoms with Crippen molar-refractivity contribution in [3.8, 4) is 5.75 Å². The van der Waals surface area contributed by atoms with Crippen molar-refractivity contribution in [1.82, 2.24) is 5.32 Å². The molecule has 0 bridgehead atoms. The third kappa shape index (κ3) is 4.71. The first kappa shape index (κ1) is 23.7. The van der Waals surface area contributed by atoms with Crippen LogP contribution in [-0.4, -0.2) is 18.4 Å². The molecule has 1 aliphatic carbocycles. The quantitative estimate of drug-likeness (QED) is 0.429. The molecule has 2 atom stereocenters. The summed E-state index contributed by atoms with van der Waals surface area (Å²) in [5, 5.41) is 3.36.